The zero-order chi connectivity index (χ0) is 24.8. The maximum atomic E-state index is 15.5. The number of likely N-dealkylation sites (tertiary alicyclic amines) is 1. The van der Waals surface area contributed by atoms with E-state index in [1.807, 2.05) is 0 Å². The van der Waals surface area contributed by atoms with Crippen LogP contribution in [0.3, 0.4) is 0 Å². The summed E-state index contributed by atoms with van der Waals surface area (Å²) in [6.07, 6.45) is -1.00. The number of rotatable bonds is 7. The molecule has 1 heterocycles. The van der Waals surface area contributed by atoms with E-state index in [2.05, 4.69) is 4.72 Å². The van der Waals surface area contributed by atoms with E-state index in [9.17, 15) is 30.8 Å². The van der Waals surface area contributed by atoms with Gasteiger partial charge in [-0.2, -0.15) is 0 Å². The second kappa shape index (κ2) is 8.92. The van der Waals surface area contributed by atoms with Crippen molar-refractivity contribution < 1.29 is 35.2 Å². The van der Waals surface area contributed by atoms with Crippen LogP contribution in [0.15, 0.2) is 36.4 Å². The van der Waals surface area contributed by atoms with E-state index in [1.165, 1.54) is 23.1 Å². The van der Waals surface area contributed by atoms with E-state index in [-0.39, 0.29) is 29.7 Å². The first-order chi connectivity index (χ1) is 16.0. The second-order valence-corrected chi connectivity index (χ2v) is 10.7. The molecular weight excluding hydrogens is 479 g/mol. The minimum absolute atomic E-state index is 0.0399. The molecule has 1 spiro atoms. The van der Waals surface area contributed by atoms with Crippen LogP contribution in [0.1, 0.15) is 25.3 Å². The highest BCUT2D eigenvalue weighted by Gasteiger charge is 2.61. The SMILES string of the molecule is C[C@H](F)C(=O)N1CC2(CC2)[C@H](NS(=O)(=O)CF)[C@@H]1Cc1cccc(-c2cc(F)cc(F)c2)c1F. The Bertz CT molecular complexity index is 1200. The molecular formula is C23H23F5N2O3S. The Morgan fingerprint density at radius 1 is 1.18 bits per heavy atom. The first-order valence-electron chi connectivity index (χ1n) is 10.7. The molecule has 0 unspecified atom stereocenters. The summed E-state index contributed by atoms with van der Waals surface area (Å²) >= 11 is 0. The number of hydrogen-bond acceptors (Lipinski definition) is 3. The summed E-state index contributed by atoms with van der Waals surface area (Å²) in [5, 5.41) is 0. The highest BCUT2D eigenvalue weighted by atomic mass is 32.2. The van der Waals surface area contributed by atoms with Crippen LogP contribution in [0.5, 0.6) is 0 Å². The molecule has 3 atom stereocenters. The zero-order valence-corrected chi connectivity index (χ0v) is 19.0. The third-order valence-corrected chi connectivity index (χ3v) is 7.48. The largest absolute Gasteiger partial charge is 0.335 e. The lowest BCUT2D eigenvalue weighted by Gasteiger charge is -2.30. The molecule has 34 heavy (non-hydrogen) atoms. The summed E-state index contributed by atoms with van der Waals surface area (Å²) in [7, 11) is -4.32. The average molecular weight is 503 g/mol. The maximum Gasteiger partial charge on any atom is 0.257 e. The van der Waals surface area contributed by atoms with Gasteiger partial charge in [-0.25, -0.2) is 35.1 Å². The molecule has 5 nitrogen and oxygen atoms in total. The number of nitrogens with one attached hydrogen (secondary N) is 1. The zero-order valence-electron chi connectivity index (χ0n) is 18.2. The Morgan fingerprint density at radius 3 is 2.38 bits per heavy atom. The van der Waals surface area contributed by atoms with Gasteiger partial charge >= 0.3 is 0 Å². The lowest BCUT2D eigenvalue weighted by Crippen LogP contribution is -2.51. The summed E-state index contributed by atoms with van der Waals surface area (Å²) in [4.78, 5) is 13.8. The van der Waals surface area contributed by atoms with Gasteiger partial charge in [-0.3, -0.25) is 4.79 Å². The summed E-state index contributed by atoms with van der Waals surface area (Å²) in [6, 6.07) is 3.20. The van der Waals surface area contributed by atoms with Crippen LogP contribution in [-0.4, -0.2) is 50.0 Å². The first-order valence-corrected chi connectivity index (χ1v) is 12.4. The number of carbonyl (C=O) groups excluding carboxylic acids is 1. The third-order valence-electron chi connectivity index (χ3n) is 6.58. The normalized spacial score (nSPS) is 22.2. The molecule has 1 N–H and O–H groups in total. The number of alkyl halides is 2. The fourth-order valence-corrected chi connectivity index (χ4v) is 5.65. The van der Waals surface area contributed by atoms with E-state index in [1.54, 1.807) is 0 Å². The van der Waals surface area contributed by atoms with Crippen molar-refractivity contribution >= 4 is 15.9 Å². The summed E-state index contributed by atoms with van der Waals surface area (Å²) in [5.74, 6) is -3.46. The quantitative estimate of drug-likeness (QED) is 0.585. The molecule has 2 aromatic rings. The molecule has 2 fully saturated rings. The van der Waals surface area contributed by atoms with Crippen LogP contribution in [-0.2, 0) is 21.2 Å². The molecule has 0 bridgehead atoms. The predicted molar refractivity (Wildman–Crippen MR) is 115 cm³/mol. The number of sulfonamides is 1. The van der Waals surface area contributed by atoms with Crippen molar-refractivity contribution in [2.24, 2.45) is 5.41 Å². The molecule has 0 aromatic heterocycles. The van der Waals surface area contributed by atoms with Crippen LogP contribution in [0.4, 0.5) is 22.0 Å². The summed E-state index contributed by atoms with van der Waals surface area (Å²) in [5.41, 5.74) is -0.773. The van der Waals surface area contributed by atoms with Crippen LogP contribution in [0.2, 0.25) is 0 Å². The van der Waals surface area contributed by atoms with Gasteiger partial charge in [0.1, 0.15) is 17.5 Å². The second-order valence-electron chi connectivity index (χ2n) is 8.97. The monoisotopic (exact) mass is 502 g/mol. The highest BCUT2D eigenvalue weighted by Crippen LogP contribution is 2.55. The first kappa shape index (κ1) is 24.6. The van der Waals surface area contributed by atoms with E-state index in [0.717, 1.165) is 19.1 Å². The molecule has 0 radical (unpaired) electrons. The third kappa shape index (κ3) is 4.68. The molecule has 2 aromatic carbocycles. The van der Waals surface area contributed by atoms with E-state index < -0.39 is 63.1 Å². The minimum Gasteiger partial charge on any atom is -0.335 e. The number of halogens is 5. The van der Waals surface area contributed by atoms with Gasteiger partial charge in [0.05, 0.1) is 6.04 Å². The minimum atomic E-state index is -4.32. The van der Waals surface area contributed by atoms with Crippen molar-refractivity contribution in [1.82, 2.24) is 9.62 Å². The van der Waals surface area contributed by atoms with Gasteiger partial charge in [-0.1, -0.05) is 18.2 Å². The van der Waals surface area contributed by atoms with Crippen molar-refractivity contribution in [3.05, 3.63) is 59.4 Å². The lowest BCUT2D eigenvalue weighted by molar-refractivity contribution is -0.137. The molecule has 11 heteroatoms. The Labute approximate surface area is 194 Å². The van der Waals surface area contributed by atoms with Gasteiger partial charge in [0.15, 0.2) is 6.17 Å². The van der Waals surface area contributed by atoms with Crippen molar-refractivity contribution in [2.75, 3.05) is 12.6 Å². The molecule has 1 saturated carbocycles. The van der Waals surface area contributed by atoms with Crippen LogP contribution < -0.4 is 4.72 Å². The molecule has 1 aliphatic carbocycles. The highest BCUT2D eigenvalue weighted by molar-refractivity contribution is 7.89. The van der Waals surface area contributed by atoms with Crippen molar-refractivity contribution in [2.45, 2.75) is 44.4 Å². The number of benzene rings is 2. The number of amides is 1. The fraction of sp³-hybridized carbons (Fsp3) is 0.435. The van der Waals surface area contributed by atoms with Crippen molar-refractivity contribution in [3.8, 4) is 11.1 Å². The number of hydrogen-bond donors (Lipinski definition) is 1. The van der Waals surface area contributed by atoms with Gasteiger partial charge in [0, 0.05) is 29.6 Å². The van der Waals surface area contributed by atoms with E-state index in [4.69, 9.17) is 0 Å². The van der Waals surface area contributed by atoms with Crippen LogP contribution >= 0.6 is 0 Å². The smallest absolute Gasteiger partial charge is 0.257 e. The maximum absolute atomic E-state index is 15.5. The molecule has 1 saturated heterocycles. The van der Waals surface area contributed by atoms with Crippen LogP contribution in [0.25, 0.3) is 11.1 Å². The predicted octanol–water partition coefficient (Wildman–Crippen LogP) is 3.88. The summed E-state index contributed by atoms with van der Waals surface area (Å²) < 4.78 is 96.3. The van der Waals surface area contributed by atoms with Crippen LogP contribution in [0, 0.1) is 22.9 Å². The Balaban J connectivity index is 1.74. The van der Waals surface area contributed by atoms with E-state index in [0.29, 0.717) is 18.9 Å². The molecule has 1 amide bonds. The molecule has 4 rings (SSSR count). The van der Waals surface area contributed by atoms with Gasteiger partial charge in [-0.15, -0.1) is 0 Å². The van der Waals surface area contributed by atoms with Gasteiger partial charge < -0.3 is 4.90 Å². The Hall–Kier alpha value is -2.53. The summed E-state index contributed by atoms with van der Waals surface area (Å²) in [6.45, 7) is 1.11. The molecule has 1 aliphatic heterocycles. The standard InChI is InChI=1S/C23H23F5N2O3S/c1-13(25)22(31)30-11-23(5-6-23)21(29-34(32,33)12-24)19(30)9-14-3-2-4-18(20(14)28)15-7-16(26)10-17(27)8-15/h2-4,7-8,10,13,19,21,29H,5-6,9,11-12H2,1H3/t13-,19-,21+/m0/s1. The van der Waals surface area contributed by atoms with E-state index >= 15 is 4.39 Å². The lowest BCUT2D eigenvalue weighted by atomic mass is 9.91. The van der Waals surface area contributed by atoms with Gasteiger partial charge in [0.25, 0.3) is 5.91 Å². The van der Waals surface area contributed by atoms with Crippen molar-refractivity contribution in [1.29, 1.82) is 0 Å². The topological polar surface area (TPSA) is 66.5 Å². The Morgan fingerprint density at radius 2 is 1.82 bits per heavy atom. The molecule has 184 valence electrons. The Kier molecular flexibility index (Phi) is 6.45. The van der Waals surface area contributed by atoms with Gasteiger partial charge in [-0.05, 0) is 49.4 Å². The molecule has 2 aliphatic rings. The number of carbonyl (C=O) groups is 1. The van der Waals surface area contributed by atoms with Gasteiger partial charge in [0.2, 0.25) is 16.0 Å². The average Bonchev–Trinajstić information content (AvgIpc) is 3.49. The van der Waals surface area contributed by atoms with Crippen molar-refractivity contribution in [3.63, 3.8) is 0 Å². The number of nitrogens with zero attached hydrogens (tertiary/aromatic N) is 1. The fourth-order valence-electron chi connectivity index (χ4n) is 4.79.